The van der Waals surface area contributed by atoms with Gasteiger partial charge in [-0.15, -0.1) is 0 Å². The van der Waals surface area contributed by atoms with Crippen LogP contribution in [0.5, 0.6) is 0 Å². The van der Waals surface area contributed by atoms with Crippen molar-refractivity contribution in [3.63, 3.8) is 0 Å². The van der Waals surface area contributed by atoms with E-state index in [1.165, 1.54) is 0 Å². The van der Waals surface area contributed by atoms with Gasteiger partial charge in [0, 0.05) is 24.5 Å². The van der Waals surface area contributed by atoms with E-state index in [-0.39, 0.29) is 0 Å². The van der Waals surface area contributed by atoms with E-state index in [0.717, 1.165) is 22.4 Å². The molecule has 0 amide bonds. The van der Waals surface area contributed by atoms with E-state index in [1.54, 1.807) is 6.20 Å². The summed E-state index contributed by atoms with van der Waals surface area (Å²) >= 11 is 0. The predicted molar refractivity (Wildman–Crippen MR) is 69.0 cm³/mol. The van der Waals surface area contributed by atoms with Crippen LogP contribution in [0.4, 0.5) is 5.95 Å². The second-order valence-corrected chi connectivity index (χ2v) is 4.28. The summed E-state index contributed by atoms with van der Waals surface area (Å²) in [4.78, 5) is 8.62. The number of rotatable bonds is 2. The zero-order valence-corrected chi connectivity index (χ0v) is 10.3. The third kappa shape index (κ3) is 1.54. The van der Waals surface area contributed by atoms with Crippen LogP contribution in [-0.2, 0) is 13.6 Å². The number of anilines is 1. The molecule has 18 heavy (non-hydrogen) atoms. The Morgan fingerprint density at radius 2 is 2.22 bits per heavy atom. The smallest absolute Gasteiger partial charge is 0.202 e. The van der Waals surface area contributed by atoms with E-state index < -0.39 is 0 Å². The first-order valence-electron chi connectivity index (χ1n) is 5.71. The van der Waals surface area contributed by atoms with Gasteiger partial charge < -0.3 is 5.73 Å². The largest absolute Gasteiger partial charge is 0.369 e. The molecular formula is C12H14N6. The molecule has 3 heterocycles. The van der Waals surface area contributed by atoms with Crippen molar-refractivity contribution in [1.82, 2.24) is 24.3 Å². The second-order valence-electron chi connectivity index (χ2n) is 4.28. The topological polar surface area (TPSA) is 74.6 Å². The Kier molecular flexibility index (Phi) is 2.29. The van der Waals surface area contributed by atoms with Crippen LogP contribution in [0.25, 0.3) is 11.2 Å². The van der Waals surface area contributed by atoms with Crippen LogP contribution in [0.15, 0.2) is 24.5 Å². The molecule has 0 fully saturated rings. The minimum absolute atomic E-state index is 0.479. The maximum Gasteiger partial charge on any atom is 0.202 e. The van der Waals surface area contributed by atoms with Crippen molar-refractivity contribution in [3.8, 4) is 0 Å². The number of hydrogen-bond donors (Lipinski definition) is 1. The van der Waals surface area contributed by atoms with Crippen molar-refractivity contribution in [2.24, 2.45) is 7.05 Å². The summed E-state index contributed by atoms with van der Waals surface area (Å²) in [6.07, 6.45) is 3.60. The van der Waals surface area contributed by atoms with Crippen LogP contribution in [0.1, 0.15) is 11.3 Å². The lowest BCUT2D eigenvalue weighted by Crippen LogP contribution is -2.06. The number of aromatic nitrogens is 5. The van der Waals surface area contributed by atoms with Gasteiger partial charge in [0.05, 0.1) is 12.7 Å². The molecule has 0 radical (unpaired) electrons. The SMILES string of the molecule is Cc1c(Cn2c(N)nc3cccnc32)cnn1C. The summed E-state index contributed by atoms with van der Waals surface area (Å²) in [5.74, 6) is 0.479. The maximum absolute atomic E-state index is 5.94. The molecule has 0 atom stereocenters. The summed E-state index contributed by atoms with van der Waals surface area (Å²) in [7, 11) is 1.92. The van der Waals surface area contributed by atoms with Gasteiger partial charge >= 0.3 is 0 Å². The van der Waals surface area contributed by atoms with Gasteiger partial charge in [0.15, 0.2) is 5.65 Å². The standard InChI is InChI=1S/C12H14N6/c1-8-9(6-15-17(8)2)7-18-11-10(16-12(18)13)4-3-5-14-11/h3-6H,7H2,1-2H3,(H2,13,16). The van der Waals surface area contributed by atoms with E-state index in [4.69, 9.17) is 5.73 Å². The van der Waals surface area contributed by atoms with Crippen molar-refractivity contribution in [1.29, 1.82) is 0 Å². The molecule has 0 saturated heterocycles. The van der Waals surface area contributed by atoms with Gasteiger partial charge in [0.1, 0.15) is 5.52 Å². The number of nitrogen functional groups attached to an aromatic ring is 1. The van der Waals surface area contributed by atoms with E-state index in [0.29, 0.717) is 12.5 Å². The van der Waals surface area contributed by atoms with Crippen molar-refractivity contribution < 1.29 is 0 Å². The van der Waals surface area contributed by atoms with Crippen molar-refractivity contribution in [3.05, 3.63) is 35.8 Å². The lowest BCUT2D eigenvalue weighted by atomic mass is 10.2. The molecule has 6 heteroatoms. The predicted octanol–water partition coefficient (Wildman–Crippen LogP) is 1.10. The molecule has 0 unspecified atom stereocenters. The first-order chi connectivity index (χ1) is 8.66. The Bertz CT molecular complexity index is 709. The van der Waals surface area contributed by atoms with Gasteiger partial charge in [0.25, 0.3) is 0 Å². The molecule has 3 rings (SSSR count). The fourth-order valence-electron chi connectivity index (χ4n) is 2.00. The minimum atomic E-state index is 0.479. The van der Waals surface area contributed by atoms with Crippen LogP contribution < -0.4 is 5.73 Å². The summed E-state index contributed by atoms with van der Waals surface area (Å²) < 4.78 is 3.75. The molecule has 3 aromatic heterocycles. The van der Waals surface area contributed by atoms with Crippen molar-refractivity contribution in [2.45, 2.75) is 13.5 Å². The lowest BCUT2D eigenvalue weighted by molar-refractivity contribution is 0.733. The Hall–Kier alpha value is -2.37. The third-order valence-electron chi connectivity index (χ3n) is 3.20. The Morgan fingerprint density at radius 3 is 2.94 bits per heavy atom. The molecule has 6 nitrogen and oxygen atoms in total. The molecule has 0 bridgehead atoms. The first kappa shape index (κ1) is 10.8. The number of imidazole rings is 1. The van der Waals surface area contributed by atoms with Gasteiger partial charge in [-0.2, -0.15) is 5.10 Å². The van der Waals surface area contributed by atoms with Gasteiger partial charge in [-0.1, -0.05) is 0 Å². The Morgan fingerprint density at radius 1 is 1.39 bits per heavy atom. The molecule has 0 saturated carbocycles. The van der Waals surface area contributed by atoms with Crippen molar-refractivity contribution in [2.75, 3.05) is 5.73 Å². The zero-order valence-electron chi connectivity index (χ0n) is 10.3. The quantitative estimate of drug-likeness (QED) is 0.730. The number of nitrogens with two attached hydrogens (primary N) is 1. The molecular weight excluding hydrogens is 228 g/mol. The lowest BCUT2D eigenvalue weighted by Gasteiger charge is -2.05. The number of pyridine rings is 1. The number of aryl methyl sites for hydroxylation is 1. The Labute approximate surface area is 104 Å². The summed E-state index contributed by atoms with van der Waals surface area (Å²) in [5.41, 5.74) is 9.80. The number of fused-ring (bicyclic) bond motifs is 1. The average Bonchev–Trinajstić information content (AvgIpc) is 2.85. The summed E-state index contributed by atoms with van der Waals surface area (Å²) in [5, 5.41) is 4.23. The molecule has 92 valence electrons. The highest BCUT2D eigenvalue weighted by atomic mass is 15.3. The molecule has 0 aromatic carbocycles. The van der Waals surface area contributed by atoms with Gasteiger partial charge in [-0.25, -0.2) is 9.97 Å². The Balaban J connectivity index is 2.10. The maximum atomic E-state index is 5.94. The fraction of sp³-hybridized carbons (Fsp3) is 0.250. The van der Waals surface area contributed by atoms with Crippen LogP contribution >= 0.6 is 0 Å². The monoisotopic (exact) mass is 242 g/mol. The van der Waals surface area contributed by atoms with Crippen LogP contribution in [0, 0.1) is 6.92 Å². The molecule has 0 aliphatic heterocycles. The number of hydrogen-bond acceptors (Lipinski definition) is 4. The first-order valence-corrected chi connectivity index (χ1v) is 5.71. The highest BCUT2D eigenvalue weighted by molar-refractivity contribution is 5.73. The molecule has 0 aliphatic carbocycles. The minimum Gasteiger partial charge on any atom is -0.369 e. The normalized spacial score (nSPS) is 11.2. The van der Waals surface area contributed by atoms with Crippen LogP contribution in [0.2, 0.25) is 0 Å². The van der Waals surface area contributed by atoms with Gasteiger partial charge in [0.2, 0.25) is 5.95 Å². The van der Waals surface area contributed by atoms with E-state index in [9.17, 15) is 0 Å². The highest BCUT2D eigenvalue weighted by Gasteiger charge is 2.11. The highest BCUT2D eigenvalue weighted by Crippen LogP contribution is 2.18. The van der Waals surface area contributed by atoms with E-state index in [1.807, 2.05) is 41.5 Å². The summed E-state index contributed by atoms with van der Waals surface area (Å²) in [6, 6.07) is 3.76. The van der Waals surface area contributed by atoms with Crippen molar-refractivity contribution >= 4 is 17.1 Å². The second kappa shape index (κ2) is 3.83. The van der Waals surface area contributed by atoms with E-state index in [2.05, 4.69) is 15.1 Å². The van der Waals surface area contributed by atoms with Crippen LogP contribution in [-0.4, -0.2) is 24.3 Å². The zero-order chi connectivity index (χ0) is 12.7. The number of nitrogens with zero attached hydrogens (tertiary/aromatic N) is 5. The van der Waals surface area contributed by atoms with E-state index >= 15 is 0 Å². The molecule has 2 N–H and O–H groups in total. The van der Waals surface area contributed by atoms with Gasteiger partial charge in [-0.05, 0) is 19.1 Å². The average molecular weight is 242 g/mol. The molecule has 0 spiro atoms. The molecule has 0 aliphatic rings. The van der Waals surface area contributed by atoms with Crippen LogP contribution in [0.3, 0.4) is 0 Å². The summed E-state index contributed by atoms with van der Waals surface area (Å²) in [6.45, 7) is 2.67. The third-order valence-corrected chi connectivity index (χ3v) is 3.20. The fourth-order valence-corrected chi connectivity index (χ4v) is 2.00. The van der Waals surface area contributed by atoms with Gasteiger partial charge in [-0.3, -0.25) is 9.25 Å². The molecule has 3 aromatic rings.